The van der Waals surface area contributed by atoms with Gasteiger partial charge in [-0.2, -0.15) is 0 Å². The Labute approximate surface area is 124 Å². The van der Waals surface area contributed by atoms with Crippen LogP contribution in [0.1, 0.15) is 32.8 Å². The predicted octanol–water partition coefficient (Wildman–Crippen LogP) is 3.27. The van der Waals surface area contributed by atoms with Crippen molar-refractivity contribution in [3.05, 3.63) is 29.3 Å². The lowest BCUT2D eigenvalue weighted by molar-refractivity contribution is 0.163. The van der Waals surface area contributed by atoms with Crippen LogP contribution in [-0.2, 0) is 11.3 Å². The van der Waals surface area contributed by atoms with Gasteiger partial charge in [0.2, 0.25) is 0 Å². The van der Waals surface area contributed by atoms with Crippen molar-refractivity contribution >= 4 is 0 Å². The van der Waals surface area contributed by atoms with E-state index in [9.17, 15) is 8.78 Å². The summed E-state index contributed by atoms with van der Waals surface area (Å²) in [5, 5.41) is 3.20. The van der Waals surface area contributed by atoms with Crippen molar-refractivity contribution in [2.24, 2.45) is 5.92 Å². The highest BCUT2D eigenvalue weighted by molar-refractivity contribution is 5.31. The number of rotatable bonds is 5. The molecule has 21 heavy (non-hydrogen) atoms. The molecule has 1 fully saturated rings. The molecule has 1 aliphatic rings. The van der Waals surface area contributed by atoms with Crippen molar-refractivity contribution in [2.75, 3.05) is 19.8 Å². The molecule has 2 rings (SSSR count). The normalized spacial score (nSPS) is 19.0. The second kappa shape index (κ2) is 6.71. The molecule has 0 saturated carbocycles. The molecule has 1 aliphatic heterocycles. The highest BCUT2D eigenvalue weighted by atomic mass is 19.1. The highest BCUT2D eigenvalue weighted by Crippen LogP contribution is 2.25. The average Bonchev–Trinajstić information content (AvgIpc) is 2.87. The van der Waals surface area contributed by atoms with Gasteiger partial charge in [0.1, 0.15) is 0 Å². The molecule has 1 aromatic rings. The topological polar surface area (TPSA) is 30.5 Å². The number of hydrogen-bond acceptors (Lipinski definition) is 3. The highest BCUT2D eigenvalue weighted by Gasteiger charge is 2.19. The zero-order valence-electron chi connectivity index (χ0n) is 12.8. The number of benzene rings is 1. The van der Waals surface area contributed by atoms with Gasteiger partial charge in [0.05, 0.1) is 13.2 Å². The molecule has 0 aliphatic carbocycles. The fourth-order valence-electron chi connectivity index (χ4n) is 2.14. The monoisotopic (exact) mass is 299 g/mol. The Bertz CT molecular complexity index is 457. The van der Waals surface area contributed by atoms with Crippen LogP contribution in [0.2, 0.25) is 0 Å². The molecule has 3 nitrogen and oxygen atoms in total. The summed E-state index contributed by atoms with van der Waals surface area (Å²) in [6.45, 7) is 7.98. The van der Waals surface area contributed by atoms with E-state index < -0.39 is 11.6 Å². The van der Waals surface area contributed by atoms with Gasteiger partial charge in [-0.05, 0) is 44.9 Å². The number of hydrogen-bond donors (Lipinski definition) is 1. The Morgan fingerprint density at radius 2 is 1.95 bits per heavy atom. The van der Waals surface area contributed by atoms with Gasteiger partial charge < -0.3 is 14.8 Å². The molecule has 0 radical (unpaired) electrons. The van der Waals surface area contributed by atoms with Crippen LogP contribution in [0.15, 0.2) is 12.1 Å². The van der Waals surface area contributed by atoms with Gasteiger partial charge in [0, 0.05) is 24.6 Å². The summed E-state index contributed by atoms with van der Waals surface area (Å²) >= 11 is 0. The Hall–Kier alpha value is -1.20. The van der Waals surface area contributed by atoms with E-state index in [4.69, 9.17) is 9.47 Å². The van der Waals surface area contributed by atoms with Crippen molar-refractivity contribution in [1.29, 1.82) is 0 Å². The lowest BCUT2D eigenvalue weighted by Crippen LogP contribution is -2.35. The standard InChI is InChI=1S/C16H23F2NO2/c1-16(2,3)19-8-12-6-13(17)15(14(18)7-12)21-10-11-4-5-20-9-11/h6-7,11,19H,4-5,8-10H2,1-3H3. The largest absolute Gasteiger partial charge is 0.487 e. The first kappa shape index (κ1) is 16.2. The lowest BCUT2D eigenvalue weighted by atomic mass is 10.1. The van der Waals surface area contributed by atoms with Crippen LogP contribution in [0.25, 0.3) is 0 Å². The second-order valence-corrected chi connectivity index (χ2v) is 6.53. The van der Waals surface area contributed by atoms with Gasteiger partial charge in [-0.15, -0.1) is 0 Å². The molecule has 1 saturated heterocycles. The molecule has 1 atom stereocenters. The Morgan fingerprint density at radius 1 is 1.29 bits per heavy atom. The van der Waals surface area contributed by atoms with E-state index in [0.29, 0.717) is 25.3 Å². The third-order valence-electron chi connectivity index (χ3n) is 3.37. The minimum absolute atomic E-state index is 0.107. The maximum Gasteiger partial charge on any atom is 0.190 e. The van der Waals surface area contributed by atoms with E-state index >= 15 is 0 Å². The van der Waals surface area contributed by atoms with Crippen molar-refractivity contribution in [3.63, 3.8) is 0 Å². The second-order valence-electron chi connectivity index (χ2n) is 6.53. The Kier molecular flexibility index (Phi) is 5.17. The summed E-state index contributed by atoms with van der Waals surface area (Å²) < 4.78 is 38.5. The maximum atomic E-state index is 14.0. The molecule has 0 amide bonds. The zero-order valence-corrected chi connectivity index (χ0v) is 12.8. The van der Waals surface area contributed by atoms with Crippen molar-refractivity contribution in [2.45, 2.75) is 39.3 Å². The van der Waals surface area contributed by atoms with E-state index in [1.807, 2.05) is 20.8 Å². The van der Waals surface area contributed by atoms with Crippen molar-refractivity contribution < 1.29 is 18.3 Å². The molecular weight excluding hydrogens is 276 g/mol. The molecule has 1 N–H and O–H groups in total. The summed E-state index contributed by atoms with van der Waals surface area (Å²) in [5.74, 6) is -1.38. The van der Waals surface area contributed by atoms with E-state index in [1.54, 1.807) is 0 Å². The number of halogens is 2. The molecule has 1 heterocycles. The van der Waals surface area contributed by atoms with Gasteiger partial charge in [-0.1, -0.05) is 0 Å². The van der Waals surface area contributed by atoms with Crippen LogP contribution in [-0.4, -0.2) is 25.4 Å². The zero-order chi connectivity index (χ0) is 15.5. The van der Waals surface area contributed by atoms with Crippen LogP contribution >= 0.6 is 0 Å². The Morgan fingerprint density at radius 3 is 2.48 bits per heavy atom. The maximum absolute atomic E-state index is 14.0. The van der Waals surface area contributed by atoms with Crippen LogP contribution in [0, 0.1) is 17.6 Å². The van der Waals surface area contributed by atoms with E-state index in [0.717, 1.165) is 6.42 Å². The van der Waals surface area contributed by atoms with Crippen LogP contribution < -0.4 is 10.1 Å². The van der Waals surface area contributed by atoms with E-state index in [2.05, 4.69) is 5.32 Å². The summed E-state index contributed by atoms with van der Waals surface area (Å²) in [5.41, 5.74) is 0.460. The summed E-state index contributed by atoms with van der Waals surface area (Å²) in [7, 11) is 0. The first-order chi connectivity index (χ1) is 9.85. The first-order valence-electron chi connectivity index (χ1n) is 7.28. The molecule has 1 aromatic carbocycles. The molecule has 0 spiro atoms. The molecule has 0 bridgehead atoms. The van der Waals surface area contributed by atoms with Crippen molar-refractivity contribution in [3.8, 4) is 5.75 Å². The summed E-state index contributed by atoms with van der Waals surface area (Å²) in [6, 6.07) is 2.64. The van der Waals surface area contributed by atoms with Gasteiger partial charge in [-0.25, -0.2) is 8.78 Å². The van der Waals surface area contributed by atoms with E-state index in [-0.39, 0.29) is 23.8 Å². The van der Waals surface area contributed by atoms with Crippen molar-refractivity contribution in [1.82, 2.24) is 5.32 Å². The summed E-state index contributed by atoms with van der Waals surface area (Å²) in [4.78, 5) is 0. The summed E-state index contributed by atoms with van der Waals surface area (Å²) in [6.07, 6.45) is 0.872. The third kappa shape index (κ3) is 4.93. The fraction of sp³-hybridized carbons (Fsp3) is 0.625. The van der Waals surface area contributed by atoms with Crippen LogP contribution in [0.5, 0.6) is 5.75 Å². The van der Waals surface area contributed by atoms with Gasteiger partial charge in [0.15, 0.2) is 17.4 Å². The minimum Gasteiger partial charge on any atom is -0.487 e. The van der Waals surface area contributed by atoms with Gasteiger partial charge >= 0.3 is 0 Å². The number of nitrogens with one attached hydrogen (secondary N) is 1. The SMILES string of the molecule is CC(C)(C)NCc1cc(F)c(OCC2CCOC2)c(F)c1. The molecular formula is C16H23F2NO2. The minimum atomic E-state index is -0.653. The van der Waals surface area contributed by atoms with Crippen LogP contribution in [0.4, 0.5) is 8.78 Å². The molecule has 0 aromatic heterocycles. The van der Waals surface area contributed by atoms with Gasteiger partial charge in [-0.3, -0.25) is 0 Å². The fourth-order valence-corrected chi connectivity index (χ4v) is 2.14. The predicted molar refractivity (Wildman–Crippen MR) is 77.4 cm³/mol. The number of ether oxygens (including phenoxy) is 2. The Balaban J connectivity index is 1.99. The lowest BCUT2D eigenvalue weighted by Gasteiger charge is -2.21. The van der Waals surface area contributed by atoms with E-state index in [1.165, 1.54) is 12.1 Å². The molecule has 1 unspecified atom stereocenters. The molecule has 118 valence electrons. The quantitative estimate of drug-likeness (QED) is 0.905. The third-order valence-corrected chi connectivity index (χ3v) is 3.37. The van der Waals surface area contributed by atoms with Gasteiger partial charge in [0.25, 0.3) is 0 Å². The molecule has 5 heteroatoms. The average molecular weight is 299 g/mol. The smallest absolute Gasteiger partial charge is 0.190 e. The van der Waals surface area contributed by atoms with Crippen LogP contribution in [0.3, 0.4) is 0 Å². The first-order valence-corrected chi connectivity index (χ1v) is 7.28.